The van der Waals surface area contributed by atoms with Crippen LogP contribution in [0.5, 0.6) is 0 Å². The molecule has 16 N–H and O–H groups in total. The summed E-state index contributed by atoms with van der Waals surface area (Å²) in [6.45, 7) is 10.4. The summed E-state index contributed by atoms with van der Waals surface area (Å²) in [4.78, 5) is 14.6. The van der Waals surface area contributed by atoms with E-state index < -0.39 is 246 Å². The highest BCUT2D eigenvalue weighted by Gasteiger charge is 2.76. The van der Waals surface area contributed by atoms with Crippen LogP contribution in [-0.2, 0) is 75.8 Å². The summed E-state index contributed by atoms with van der Waals surface area (Å²) in [6.07, 6.45) is -41.5. The average Bonchev–Trinajstić information content (AvgIpc) is 1.47. The second-order valence-corrected chi connectivity index (χ2v) is 30.9. The second-order valence-electron chi connectivity index (χ2n) is 30.9. The molecule has 11 aliphatic rings. The number of hydrogen-bond acceptors (Lipinski definition) is 32. The summed E-state index contributed by atoms with van der Waals surface area (Å²) in [7, 11) is 2.37. The molecule has 4 aliphatic carbocycles. The van der Waals surface area contributed by atoms with Crippen LogP contribution < -0.4 is 0 Å². The van der Waals surface area contributed by atoms with E-state index in [4.69, 9.17) is 71.1 Å². The monoisotopic (exact) mass is 1410 g/mol. The highest BCUT2D eigenvalue weighted by atomic mass is 16.8. The predicted molar refractivity (Wildman–Crippen MR) is 327 cm³/mol. The Morgan fingerprint density at radius 3 is 1.50 bits per heavy atom. The summed E-state index contributed by atoms with van der Waals surface area (Å²) in [5, 5.41) is 179. The van der Waals surface area contributed by atoms with Crippen LogP contribution >= 0.6 is 0 Å². The highest BCUT2D eigenvalue weighted by molar-refractivity contribution is 5.83. The van der Waals surface area contributed by atoms with Crippen molar-refractivity contribution in [3.05, 3.63) is 11.6 Å². The molecule has 32 nitrogen and oxygen atoms in total. The molecular weight excluding hydrogens is 1300 g/mol. The van der Waals surface area contributed by atoms with Gasteiger partial charge in [0.25, 0.3) is 0 Å². The first-order chi connectivity index (χ1) is 46.3. The number of carbonyl (C=O) groups excluding carboxylic acids is 1. The number of ether oxygens (including phenoxy) is 15. The first kappa shape index (κ1) is 77.1. The van der Waals surface area contributed by atoms with E-state index in [9.17, 15) is 86.5 Å². The standard InChI is InChI=1S/C66H108O32/c1-26(2)18-27(71)19-65(7)37-13-16-64(6)29-10-11-36-62(3,4)38(14-15-63(36,5)28(29)12-17-66(37,64)61(83)98-65)93-60-54(43(77)35(25-87-60)92-56-47(81)53(42(76)33(22-69)88-56)96-58-46(80)51(85-9)40(74)32(21-68)90-58)97-59-48(82)52(41(75)34(23-70)91-59)95-55-44(78)49(30(72)24-86-55)94-57-45(79)50(84-8)39(73)31(20-67)89-57/h10,26-28,30-60,67-82H,11-25H2,1-9H3/t27-,28-,30-,31-,32-,33-,34-,35-,36+,37-,38+,39-,40-,41-,42-,43+,44-,45-,46-,47-,48-,49+,50+,51+,52+,53+,54-,55+,56+,57+,58+,59+,60+,63-,64+,65+,66-/m1/s1. The molecule has 7 aliphatic heterocycles. The van der Waals surface area contributed by atoms with Crippen LogP contribution in [0.25, 0.3) is 0 Å². The van der Waals surface area contributed by atoms with Gasteiger partial charge in [-0.25, -0.2) is 0 Å². The zero-order chi connectivity index (χ0) is 71.2. The zero-order valence-corrected chi connectivity index (χ0v) is 57.0. The minimum Gasteiger partial charge on any atom is -0.458 e. The molecule has 7 heterocycles. The van der Waals surface area contributed by atoms with E-state index in [2.05, 4.69) is 47.6 Å². The lowest BCUT2D eigenvalue weighted by molar-refractivity contribution is -0.397. The molecule has 1 spiro atoms. The number of fused-ring (bicyclic) bond motifs is 4. The van der Waals surface area contributed by atoms with Crippen molar-refractivity contribution >= 4 is 5.97 Å². The molecule has 0 aromatic carbocycles. The van der Waals surface area contributed by atoms with Gasteiger partial charge < -0.3 is 153 Å². The maximum absolute atomic E-state index is 14.6. The van der Waals surface area contributed by atoms with Crippen LogP contribution in [0.1, 0.15) is 106 Å². The van der Waals surface area contributed by atoms with E-state index in [0.29, 0.717) is 38.5 Å². The van der Waals surface area contributed by atoms with Crippen molar-refractivity contribution in [3.8, 4) is 0 Å². The third kappa shape index (κ3) is 13.4. The van der Waals surface area contributed by atoms with Crippen molar-refractivity contribution < 1.29 is 158 Å². The van der Waals surface area contributed by atoms with Gasteiger partial charge in [0.1, 0.15) is 140 Å². The molecule has 7 saturated heterocycles. The summed E-state index contributed by atoms with van der Waals surface area (Å²) >= 11 is 0. The number of aliphatic hydroxyl groups is 16. The van der Waals surface area contributed by atoms with Gasteiger partial charge in [0.2, 0.25) is 0 Å². The lowest BCUT2D eigenvalue weighted by Gasteiger charge is -2.64. The largest absolute Gasteiger partial charge is 0.458 e. The first-order valence-corrected chi connectivity index (χ1v) is 34.7. The van der Waals surface area contributed by atoms with Crippen LogP contribution in [0.2, 0.25) is 0 Å². The van der Waals surface area contributed by atoms with Crippen LogP contribution in [0.3, 0.4) is 0 Å². The fourth-order valence-corrected chi connectivity index (χ4v) is 19.3. The molecule has 564 valence electrons. The van der Waals surface area contributed by atoms with Gasteiger partial charge >= 0.3 is 5.97 Å². The highest BCUT2D eigenvalue weighted by Crippen LogP contribution is 2.76. The minimum atomic E-state index is -2.12. The smallest absolute Gasteiger partial charge is 0.313 e. The molecule has 11 rings (SSSR count). The van der Waals surface area contributed by atoms with Crippen molar-refractivity contribution in [2.75, 3.05) is 53.9 Å². The molecule has 32 heteroatoms. The molecule has 10 fully saturated rings. The number of methoxy groups -OCH3 is 2. The summed E-state index contributed by atoms with van der Waals surface area (Å²) in [5.41, 5.74) is -1.78. The quantitative estimate of drug-likeness (QED) is 0.0359. The Morgan fingerprint density at radius 2 is 0.980 bits per heavy atom. The average molecular weight is 1410 g/mol. The van der Waals surface area contributed by atoms with E-state index in [-0.39, 0.29) is 35.1 Å². The van der Waals surface area contributed by atoms with E-state index in [1.807, 2.05) is 6.92 Å². The SMILES string of the molecule is CO[C@@H]1[C@@H](O)[C@H](O[C@@H]2[C@@H](O)[C@H](O[C@@H]3CO[C@@H](O[C@H]4CC[C@]5(C)[C@@H]6CC[C@]78C(=O)O[C@@](C)(C[C@H](O)CC(C)C)[C@H]7CC[C@@]8(C)C6=CC[C@H]5C4(C)C)[C@H](O[C@@H]4O[C@H](CO)[C@@H](O)[C@H](O[C@@H]5OC[C@@H](O)[C@H](O[C@@H]6O[C@H](CO)[C@@H](O)[C@H](OC)[C@H]6O)[C@H]5O)[C@H]4O)[C@H]3O)O[C@H](CO)[C@H]2O)O[C@H](CO)[C@H]1O. The van der Waals surface area contributed by atoms with Gasteiger partial charge in [-0.05, 0) is 86.9 Å². The van der Waals surface area contributed by atoms with Crippen LogP contribution in [0.4, 0.5) is 0 Å². The minimum absolute atomic E-state index is 0.0344. The van der Waals surface area contributed by atoms with Gasteiger partial charge in [-0.15, -0.1) is 0 Å². The lowest BCUT2D eigenvalue weighted by atomic mass is 9.41. The van der Waals surface area contributed by atoms with Crippen LogP contribution in [0, 0.1) is 45.3 Å². The van der Waals surface area contributed by atoms with Gasteiger partial charge in [-0.3, -0.25) is 4.79 Å². The number of esters is 1. The summed E-state index contributed by atoms with van der Waals surface area (Å²) in [6, 6.07) is 0. The number of carbonyl (C=O) groups is 1. The maximum Gasteiger partial charge on any atom is 0.313 e. The van der Waals surface area contributed by atoms with Gasteiger partial charge in [0, 0.05) is 32.0 Å². The van der Waals surface area contributed by atoms with Crippen molar-refractivity contribution in [3.63, 3.8) is 0 Å². The molecular formula is C66H108O32. The van der Waals surface area contributed by atoms with E-state index in [1.54, 1.807) is 0 Å². The van der Waals surface area contributed by atoms with Crippen molar-refractivity contribution in [1.82, 2.24) is 0 Å². The Bertz CT molecular complexity index is 2700. The second kappa shape index (κ2) is 30.1. The van der Waals surface area contributed by atoms with E-state index in [1.165, 1.54) is 19.8 Å². The Labute approximate surface area is 568 Å². The third-order valence-corrected chi connectivity index (χ3v) is 24.4. The number of hydrogen-bond donors (Lipinski definition) is 16. The normalized spacial score (nSPS) is 52.1. The summed E-state index contributed by atoms with van der Waals surface area (Å²) in [5.74, 6) is 0.0535. The Balaban J connectivity index is 0.853. The molecule has 0 unspecified atom stereocenters. The molecule has 3 saturated carbocycles. The molecule has 98 heavy (non-hydrogen) atoms. The Hall–Kier alpha value is -1.99. The first-order valence-electron chi connectivity index (χ1n) is 34.7. The van der Waals surface area contributed by atoms with Crippen molar-refractivity contribution in [2.45, 2.75) is 296 Å². The molecule has 0 bridgehead atoms. The molecule has 0 aromatic rings. The van der Waals surface area contributed by atoms with Gasteiger partial charge in [-0.1, -0.05) is 53.2 Å². The Kier molecular flexibility index (Phi) is 23.7. The van der Waals surface area contributed by atoms with Gasteiger partial charge in [0.05, 0.1) is 57.3 Å². The Morgan fingerprint density at radius 1 is 0.510 bits per heavy atom. The number of allylic oxidation sites excluding steroid dienone is 2. The molecule has 0 radical (unpaired) electrons. The van der Waals surface area contributed by atoms with Gasteiger partial charge in [-0.2, -0.15) is 0 Å². The van der Waals surface area contributed by atoms with Crippen LogP contribution in [-0.4, -0.2) is 331 Å². The fourth-order valence-electron chi connectivity index (χ4n) is 19.3. The molecule has 0 aromatic heterocycles. The van der Waals surface area contributed by atoms with E-state index >= 15 is 0 Å². The maximum atomic E-state index is 14.6. The molecule has 37 atom stereocenters. The number of aliphatic hydroxyl groups excluding tert-OH is 16. The number of rotatable bonds is 22. The van der Waals surface area contributed by atoms with Crippen LogP contribution in [0.15, 0.2) is 11.6 Å². The van der Waals surface area contributed by atoms with E-state index in [0.717, 1.165) is 19.3 Å². The number of cyclic esters (lactones) is 1. The van der Waals surface area contributed by atoms with Gasteiger partial charge in [0.15, 0.2) is 37.7 Å². The third-order valence-electron chi connectivity index (χ3n) is 24.4. The predicted octanol–water partition coefficient (Wildman–Crippen LogP) is -4.42. The lowest BCUT2D eigenvalue weighted by Crippen LogP contribution is -2.67. The molecule has 0 amide bonds. The summed E-state index contributed by atoms with van der Waals surface area (Å²) < 4.78 is 90.0. The fraction of sp³-hybridized carbons (Fsp3) is 0.955. The zero-order valence-electron chi connectivity index (χ0n) is 57.0. The van der Waals surface area contributed by atoms with Crippen molar-refractivity contribution in [1.29, 1.82) is 0 Å². The van der Waals surface area contributed by atoms with Crippen molar-refractivity contribution in [2.24, 2.45) is 45.3 Å². The topological polar surface area (TPSA) is 479 Å².